The first-order valence-corrected chi connectivity index (χ1v) is 6.50. The molecule has 0 spiro atoms. The Hall–Kier alpha value is -1.83. The Balaban J connectivity index is 2.46. The van der Waals surface area contributed by atoms with Crippen molar-refractivity contribution in [2.75, 3.05) is 11.4 Å². The molecule has 0 saturated heterocycles. The van der Waals surface area contributed by atoms with Crippen molar-refractivity contribution in [2.45, 2.75) is 26.7 Å². The number of unbranched alkanes of at least 4 members (excludes halogenated alkanes) is 1. The van der Waals surface area contributed by atoms with Gasteiger partial charge in [-0.25, -0.2) is 0 Å². The second kappa shape index (κ2) is 5.67. The van der Waals surface area contributed by atoms with Crippen LogP contribution >= 0.6 is 0 Å². The number of hydrogen-bond donors (Lipinski definition) is 0. The minimum absolute atomic E-state index is 0.111. The van der Waals surface area contributed by atoms with E-state index in [-0.39, 0.29) is 5.91 Å². The number of benzene rings is 2. The molecule has 2 aromatic carbocycles. The minimum Gasteiger partial charge on any atom is -0.312 e. The van der Waals surface area contributed by atoms with Crippen molar-refractivity contribution < 1.29 is 4.79 Å². The molecule has 2 heteroatoms. The van der Waals surface area contributed by atoms with Gasteiger partial charge in [0, 0.05) is 18.9 Å². The molecule has 0 heterocycles. The van der Waals surface area contributed by atoms with Crippen LogP contribution in [0.15, 0.2) is 42.5 Å². The summed E-state index contributed by atoms with van der Waals surface area (Å²) in [5, 5.41) is 2.32. The molecule has 0 unspecified atom stereocenters. The van der Waals surface area contributed by atoms with Gasteiger partial charge in [0.2, 0.25) is 5.91 Å². The summed E-state index contributed by atoms with van der Waals surface area (Å²) < 4.78 is 0. The number of anilines is 1. The quantitative estimate of drug-likeness (QED) is 0.792. The molecule has 0 fully saturated rings. The van der Waals surface area contributed by atoms with Crippen LogP contribution in [-0.4, -0.2) is 12.5 Å². The third kappa shape index (κ3) is 2.53. The summed E-state index contributed by atoms with van der Waals surface area (Å²) in [4.78, 5) is 13.7. The Bertz CT molecular complexity index is 542. The van der Waals surface area contributed by atoms with Crippen LogP contribution in [0.4, 0.5) is 5.69 Å². The molecule has 2 rings (SSSR count). The Kier molecular flexibility index (Phi) is 3.98. The maximum atomic E-state index is 11.8. The molecule has 0 radical (unpaired) electrons. The van der Waals surface area contributed by atoms with E-state index < -0.39 is 0 Å². The predicted octanol–water partition coefficient (Wildman–Crippen LogP) is 3.99. The third-order valence-corrected chi connectivity index (χ3v) is 3.17. The zero-order valence-corrected chi connectivity index (χ0v) is 11.0. The molecule has 0 aliphatic carbocycles. The number of fused-ring (bicyclic) bond motifs is 1. The second-order valence-corrected chi connectivity index (χ2v) is 4.52. The van der Waals surface area contributed by atoms with Gasteiger partial charge in [0.05, 0.1) is 5.69 Å². The molecule has 0 saturated carbocycles. The Morgan fingerprint density at radius 3 is 2.56 bits per heavy atom. The highest BCUT2D eigenvalue weighted by Crippen LogP contribution is 2.27. The molecule has 0 atom stereocenters. The fourth-order valence-corrected chi connectivity index (χ4v) is 2.21. The van der Waals surface area contributed by atoms with E-state index >= 15 is 0 Å². The Morgan fingerprint density at radius 1 is 1.11 bits per heavy atom. The van der Waals surface area contributed by atoms with Gasteiger partial charge < -0.3 is 4.90 Å². The molecule has 0 bridgehead atoms. The van der Waals surface area contributed by atoms with E-state index in [1.165, 1.54) is 5.39 Å². The highest BCUT2D eigenvalue weighted by Gasteiger charge is 2.13. The summed E-state index contributed by atoms with van der Waals surface area (Å²) in [5.74, 6) is 0.111. The van der Waals surface area contributed by atoms with Crippen molar-refractivity contribution in [3.05, 3.63) is 42.5 Å². The molecule has 2 nitrogen and oxygen atoms in total. The second-order valence-electron chi connectivity index (χ2n) is 4.52. The van der Waals surface area contributed by atoms with Crippen LogP contribution in [0.5, 0.6) is 0 Å². The van der Waals surface area contributed by atoms with E-state index in [1.54, 1.807) is 6.92 Å². The smallest absolute Gasteiger partial charge is 0.223 e. The van der Waals surface area contributed by atoms with Gasteiger partial charge in [-0.1, -0.05) is 49.7 Å². The van der Waals surface area contributed by atoms with Crippen molar-refractivity contribution in [3.8, 4) is 0 Å². The minimum atomic E-state index is 0.111. The monoisotopic (exact) mass is 241 g/mol. The number of hydrogen-bond acceptors (Lipinski definition) is 1. The van der Waals surface area contributed by atoms with Gasteiger partial charge in [-0.05, 0) is 17.9 Å². The fraction of sp³-hybridized carbons (Fsp3) is 0.312. The first-order valence-electron chi connectivity index (χ1n) is 6.50. The summed E-state index contributed by atoms with van der Waals surface area (Å²) in [6.07, 6.45) is 2.12. The Morgan fingerprint density at radius 2 is 1.83 bits per heavy atom. The highest BCUT2D eigenvalue weighted by molar-refractivity contribution is 6.02. The SMILES string of the molecule is CCCCN(C(C)=O)c1cccc2ccccc12. The largest absolute Gasteiger partial charge is 0.312 e. The Labute approximate surface area is 108 Å². The van der Waals surface area contributed by atoms with Crippen LogP contribution in [0, 0.1) is 0 Å². The normalized spacial score (nSPS) is 10.6. The van der Waals surface area contributed by atoms with Crippen molar-refractivity contribution >= 4 is 22.4 Å². The van der Waals surface area contributed by atoms with E-state index in [0.717, 1.165) is 30.5 Å². The molecule has 18 heavy (non-hydrogen) atoms. The maximum Gasteiger partial charge on any atom is 0.223 e. The van der Waals surface area contributed by atoms with Gasteiger partial charge in [0.25, 0.3) is 0 Å². The topological polar surface area (TPSA) is 20.3 Å². The van der Waals surface area contributed by atoms with Crippen LogP contribution in [0.1, 0.15) is 26.7 Å². The van der Waals surface area contributed by atoms with Crippen LogP contribution in [0.2, 0.25) is 0 Å². The average molecular weight is 241 g/mol. The van der Waals surface area contributed by atoms with Crippen molar-refractivity contribution in [1.29, 1.82) is 0 Å². The van der Waals surface area contributed by atoms with Crippen molar-refractivity contribution in [1.82, 2.24) is 0 Å². The van der Waals surface area contributed by atoms with Gasteiger partial charge in [-0.2, -0.15) is 0 Å². The van der Waals surface area contributed by atoms with E-state index in [2.05, 4.69) is 25.1 Å². The molecule has 0 N–H and O–H groups in total. The third-order valence-electron chi connectivity index (χ3n) is 3.17. The van der Waals surface area contributed by atoms with Gasteiger partial charge in [-0.3, -0.25) is 4.79 Å². The predicted molar refractivity (Wildman–Crippen MR) is 76.9 cm³/mol. The lowest BCUT2D eigenvalue weighted by atomic mass is 10.1. The summed E-state index contributed by atoms with van der Waals surface area (Å²) in [6.45, 7) is 4.57. The molecule has 0 aliphatic heterocycles. The van der Waals surface area contributed by atoms with E-state index in [0.29, 0.717) is 0 Å². The molecule has 94 valence electrons. The van der Waals surface area contributed by atoms with Gasteiger partial charge >= 0.3 is 0 Å². The van der Waals surface area contributed by atoms with Gasteiger partial charge in [-0.15, -0.1) is 0 Å². The summed E-state index contributed by atoms with van der Waals surface area (Å²) in [6, 6.07) is 14.3. The lowest BCUT2D eigenvalue weighted by Crippen LogP contribution is -2.29. The van der Waals surface area contributed by atoms with Crippen LogP contribution in [-0.2, 0) is 4.79 Å². The molecular formula is C16H19NO. The number of nitrogens with zero attached hydrogens (tertiary/aromatic N) is 1. The summed E-state index contributed by atoms with van der Waals surface area (Å²) >= 11 is 0. The van der Waals surface area contributed by atoms with Gasteiger partial charge in [0.15, 0.2) is 0 Å². The van der Waals surface area contributed by atoms with Crippen LogP contribution in [0.25, 0.3) is 10.8 Å². The van der Waals surface area contributed by atoms with Crippen molar-refractivity contribution in [2.24, 2.45) is 0 Å². The molecule has 0 aliphatic rings. The maximum absolute atomic E-state index is 11.8. The summed E-state index contributed by atoms with van der Waals surface area (Å²) in [7, 11) is 0. The summed E-state index contributed by atoms with van der Waals surface area (Å²) in [5.41, 5.74) is 1.02. The van der Waals surface area contributed by atoms with Gasteiger partial charge in [0.1, 0.15) is 0 Å². The van der Waals surface area contributed by atoms with Crippen LogP contribution < -0.4 is 4.90 Å². The number of carbonyl (C=O) groups excluding carboxylic acids is 1. The number of amides is 1. The van der Waals surface area contributed by atoms with Crippen LogP contribution in [0.3, 0.4) is 0 Å². The van der Waals surface area contributed by atoms with E-state index in [4.69, 9.17) is 0 Å². The zero-order valence-electron chi connectivity index (χ0n) is 11.0. The lowest BCUT2D eigenvalue weighted by molar-refractivity contribution is -0.116. The van der Waals surface area contributed by atoms with Crippen molar-refractivity contribution in [3.63, 3.8) is 0 Å². The number of carbonyl (C=O) groups is 1. The zero-order chi connectivity index (χ0) is 13.0. The molecule has 1 amide bonds. The lowest BCUT2D eigenvalue weighted by Gasteiger charge is -2.22. The highest BCUT2D eigenvalue weighted by atomic mass is 16.2. The molecule has 0 aromatic heterocycles. The molecule has 2 aromatic rings. The fourth-order valence-electron chi connectivity index (χ4n) is 2.21. The first kappa shape index (κ1) is 12.6. The number of rotatable bonds is 4. The van der Waals surface area contributed by atoms with E-state index in [1.807, 2.05) is 29.2 Å². The first-order chi connectivity index (χ1) is 8.74. The molecular weight excluding hydrogens is 222 g/mol. The van der Waals surface area contributed by atoms with E-state index in [9.17, 15) is 4.79 Å². The standard InChI is InChI=1S/C16H19NO/c1-3-4-12-17(13(2)18)16-11-7-9-14-8-5-6-10-15(14)16/h5-11H,3-4,12H2,1-2H3. The average Bonchev–Trinajstić information content (AvgIpc) is 2.39.